The maximum Gasteiger partial charge on any atom is 0.252 e. The number of aryl methyl sites for hydroxylation is 1. The van der Waals surface area contributed by atoms with Gasteiger partial charge in [-0.05, 0) is 86.4 Å². The van der Waals surface area contributed by atoms with Gasteiger partial charge in [-0.1, -0.05) is 18.5 Å². The number of fused-ring (bicyclic) bond motifs is 1. The number of hydrogen-bond acceptors (Lipinski definition) is 6. The third-order valence-corrected chi connectivity index (χ3v) is 10.7. The molecule has 0 saturated carbocycles. The molecule has 6 nitrogen and oxygen atoms in total. The molecule has 2 heterocycles. The number of ether oxygens (including phenoxy) is 2. The summed E-state index contributed by atoms with van der Waals surface area (Å²) in [5, 5.41) is 0. The first-order valence-corrected chi connectivity index (χ1v) is 14.7. The van der Waals surface area contributed by atoms with Gasteiger partial charge in [0, 0.05) is 25.7 Å². The van der Waals surface area contributed by atoms with Crippen molar-refractivity contribution >= 4 is 33.0 Å². The summed E-state index contributed by atoms with van der Waals surface area (Å²) in [4.78, 5) is 2.65. The standard InChI is InChI=1S/C25H35ClN2O4S2/c1-4-11-27(21-6-5-19-15-22(31-2)23(32-3)16-20(19)14-21)17-18-9-12-28(13-10-18)34(29,30)25-8-7-24(26)33-25/h7-8,15-16,18,21H,4-6,9-14,17H2,1-3H3. The Morgan fingerprint density at radius 1 is 1.09 bits per heavy atom. The summed E-state index contributed by atoms with van der Waals surface area (Å²) in [7, 11) is -0.0644. The number of thiophene rings is 1. The Hall–Kier alpha value is -1.32. The van der Waals surface area contributed by atoms with E-state index in [0.717, 1.165) is 74.5 Å². The molecule has 188 valence electrons. The summed E-state index contributed by atoms with van der Waals surface area (Å²) in [5.74, 6) is 2.11. The topological polar surface area (TPSA) is 59.1 Å². The van der Waals surface area contributed by atoms with Crippen LogP contribution in [0, 0.1) is 5.92 Å². The minimum absolute atomic E-state index is 0.344. The lowest BCUT2D eigenvalue weighted by molar-refractivity contribution is 0.129. The normalized spacial score (nSPS) is 19.9. The Labute approximate surface area is 212 Å². The van der Waals surface area contributed by atoms with Crippen LogP contribution >= 0.6 is 22.9 Å². The molecule has 1 aromatic heterocycles. The molecule has 1 aromatic carbocycles. The van der Waals surface area contributed by atoms with Gasteiger partial charge in [-0.25, -0.2) is 8.42 Å². The van der Waals surface area contributed by atoms with E-state index in [1.165, 1.54) is 11.1 Å². The van der Waals surface area contributed by atoms with E-state index >= 15 is 0 Å². The minimum Gasteiger partial charge on any atom is -0.493 e. The highest BCUT2D eigenvalue weighted by Gasteiger charge is 2.33. The predicted octanol–water partition coefficient (Wildman–Crippen LogP) is 5.09. The van der Waals surface area contributed by atoms with E-state index in [2.05, 4.69) is 24.0 Å². The number of nitrogens with zero attached hydrogens (tertiary/aromatic N) is 2. The van der Waals surface area contributed by atoms with Crippen molar-refractivity contribution in [2.45, 2.75) is 55.7 Å². The third-order valence-electron chi connectivity index (χ3n) is 7.14. The lowest BCUT2D eigenvalue weighted by Crippen LogP contribution is -2.45. The fraction of sp³-hybridized carbons (Fsp3) is 0.600. The van der Waals surface area contributed by atoms with Gasteiger partial charge in [0.2, 0.25) is 0 Å². The van der Waals surface area contributed by atoms with Crippen LogP contribution < -0.4 is 9.47 Å². The Morgan fingerprint density at radius 3 is 2.35 bits per heavy atom. The molecule has 1 aliphatic heterocycles. The van der Waals surface area contributed by atoms with Crippen LogP contribution in [0.3, 0.4) is 0 Å². The van der Waals surface area contributed by atoms with E-state index in [4.69, 9.17) is 21.1 Å². The first-order valence-electron chi connectivity index (χ1n) is 12.1. The quantitative estimate of drug-likeness (QED) is 0.455. The monoisotopic (exact) mass is 526 g/mol. The molecule has 2 aromatic rings. The molecule has 0 radical (unpaired) electrons. The lowest BCUT2D eigenvalue weighted by atomic mass is 9.86. The zero-order valence-electron chi connectivity index (χ0n) is 20.3. The van der Waals surface area contributed by atoms with Crippen LogP contribution in [0.25, 0.3) is 0 Å². The van der Waals surface area contributed by atoms with E-state index in [-0.39, 0.29) is 0 Å². The highest BCUT2D eigenvalue weighted by molar-refractivity contribution is 7.91. The first kappa shape index (κ1) is 25.8. The van der Waals surface area contributed by atoms with Crippen molar-refractivity contribution in [2.24, 2.45) is 5.92 Å². The van der Waals surface area contributed by atoms with E-state index in [9.17, 15) is 8.42 Å². The van der Waals surface area contributed by atoms with Crippen LogP contribution in [0.5, 0.6) is 11.5 Å². The van der Waals surface area contributed by atoms with Gasteiger partial charge < -0.3 is 9.47 Å². The molecule has 0 spiro atoms. The van der Waals surface area contributed by atoms with Gasteiger partial charge in [0.1, 0.15) is 4.21 Å². The fourth-order valence-corrected chi connectivity index (χ4v) is 8.42. The molecule has 34 heavy (non-hydrogen) atoms. The second kappa shape index (κ2) is 11.2. The zero-order valence-corrected chi connectivity index (χ0v) is 22.6. The average Bonchev–Trinajstić information content (AvgIpc) is 3.30. The molecule has 0 amide bonds. The number of halogens is 1. The summed E-state index contributed by atoms with van der Waals surface area (Å²) in [5.41, 5.74) is 2.71. The highest BCUT2D eigenvalue weighted by atomic mass is 35.5. The summed E-state index contributed by atoms with van der Waals surface area (Å²) in [6.07, 6.45) is 6.10. The van der Waals surface area contributed by atoms with Crippen molar-refractivity contribution in [3.63, 3.8) is 0 Å². The summed E-state index contributed by atoms with van der Waals surface area (Å²) in [6.45, 7) is 5.48. The highest BCUT2D eigenvalue weighted by Crippen LogP contribution is 2.36. The SMILES string of the molecule is CCCN(CC1CCN(S(=O)(=O)c2ccc(Cl)s2)CC1)C1CCc2cc(OC)c(OC)cc2C1. The van der Waals surface area contributed by atoms with E-state index < -0.39 is 10.0 Å². The Bertz CT molecular complexity index is 1080. The molecule has 4 rings (SSSR count). The second-order valence-corrected chi connectivity index (χ2v) is 13.2. The number of methoxy groups -OCH3 is 2. The summed E-state index contributed by atoms with van der Waals surface area (Å²) >= 11 is 7.10. The van der Waals surface area contributed by atoms with Gasteiger partial charge in [-0.3, -0.25) is 4.90 Å². The molecule has 1 fully saturated rings. The number of piperidine rings is 1. The van der Waals surface area contributed by atoms with Crippen molar-refractivity contribution in [2.75, 3.05) is 40.4 Å². The number of hydrogen-bond donors (Lipinski definition) is 0. The van der Waals surface area contributed by atoms with Crippen molar-refractivity contribution in [1.82, 2.24) is 9.21 Å². The van der Waals surface area contributed by atoms with Gasteiger partial charge in [0.05, 0.1) is 18.6 Å². The molecule has 1 aliphatic carbocycles. The number of rotatable bonds is 9. The van der Waals surface area contributed by atoms with Gasteiger partial charge >= 0.3 is 0 Å². The maximum atomic E-state index is 12.9. The molecule has 1 atom stereocenters. The van der Waals surface area contributed by atoms with E-state index in [1.54, 1.807) is 30.7 Å². The first-order chi connectivity index (χ1) is 16.3. The largest absolute Gasteiger partial charge is 0.493 e. The minimum atomic E-state index is -3.44. The van der Waals surface area contributed by atoms with Crippen molar-refractivity contribution in [3.8, 4) is 11.5 Å². The van der Waals surface area contributed by atoms with Crippen molar-refractivity contribution < 1.29 is 17.9 Å². The van der Waals surface area contributed by atoms with Crippen LogP contribution in [0.4, 0.5) is 0 Å². The molecule has 0 N–H and O–H groups in total. The molecule has 0 bridgehead atoms. The van der Waals surface area contributed by atoms with Crippen LogP contribution in [-0.2, 0) is 22.9 Å². The molecule has 2 aliphatic rings. The van der Waals surface area contributed by atoms with Crippen LogP contribution in [0.1, 0.15) is 43.7 Å². The van der Waals surface area contributed by atoms with Crippen molar-refractivity contribution in [1.29, 1.82) is 0 Å². The van der Waals surface area contributed by atoms with Gasteiger partial charge in [0.25, 0.3) is 10.0 Å². The van der Waals surface area contributed by atoms with Crippen LogP contribution in [-0.4, -0.2) is 64.1 Å². The molecule has 9 heteroatoms. The second-order valence-electron chi connectivity index (χ2n) is 9.27. The van der Waals surface area contributed by atoms with Gasteiger partial charge in [-0.15, -0.1) is 11.3 Å². The molecule has 1 saturated heterocycles. The Morgan fingerprint density at radius 2 is 1.76 bits per heavy atom. The maximum absolute atomic E-state index is 12.9. The third kappa shape index (κ3) is 5.57. The lowest BCUT2D eigenvalue weighted by Gasteiger charge is -2.39. The van der Waals surface area contributed by atoms with E-state index in [0.29, 0.717) is 33.6 Å². The molecular weight excluding hydrogens is 492 g/mol. The predicted molar refractivity (Wildman–Crippen MR) is 138 cm³/mol. The van der Waals surface area contributed by atoms with Crippen molar-refractivity contribution in [3.05, 3.63) is 39.7 Å². The fourth-order valence-electron chi connectivity index (χ4n) is 5.31. The Balaban J connectivity index is 1.39. The van der Waals surface area contributed by atoms with Crippen LogP contribution in [0.2, 0.25) is 4.34 Å². The van der Waals surface area contributed by atoms with Gasteiger partial charge in [-0.2, -0.15) is 4.31 Å². The zero-order chi connectivity index (χ0) is 24.3. The summed E-state index contributed by atoms with van der Waals surface area (Å²) < 4.78 is 39.4. The van der Waals surface area contributed by atoms with E-state index in [1.807, 2.05) is 0 Å². The number of benzene rings is 1. The smallest absolute Gasteiger partial charge is 0.252 e. The molecule has 1 unspecified atom stereocenters. The Kier molecular flexibility index (Phi) is 8.46. The molecular formula is C25H35ClN2O4S2. The average molecular weight is 527 g/mol. The van der Waals surface area contributed by atoms with Crippen LogP contribution in [0.15, 0.2) is 28.5 Å². The summed E-state index contributed by atoms with van der Waals surface area (Å²) in [6, 6.07) is 8.04. The number of sulfonamides is 1. The van der Waals surface area contributed by atoms with Gasteiger partial charge in [0.15, 0.2) is 11.5 Å².